The zero-order valence-corrected chi connectivity index (χ0v) is 5.84. The molecule has 0 fully saturated rings. The maximum Gasteiger partial charge on any atom is 0.269 e. The molecule has 4 N–H and O–H groups in total. The summed E-state index contributed by atoms with van der Waals surface area (Å²) in [5, 5.41) is 8.84. The molecule has 12 heavy (non-hydrogen) atoms. The van der Waals surface area contributed by atoms with E-state index in [2.05, 4.69) is 0 Å². The van der Waals surface area contributed by atoms with E-state index in [1.54, 1.807) is 0 Å². The summed E-state index contributed by atoms with van der Waals surface area (Å²) in [6.45, 7) is 0. The Bertz CT molecular complexity index is 348. The second-order valence-corrected chi connectivity index (χ2v) is 2.15. The minimum Gasteiger partial charge on any atom is -0.504 e. The Kier molecular flexibility index (Phi) is 1.99. The van der Waals surface area contributed by atoms with E-state index >= 15 is 0 Å². The van der Waals surface area contributed by atoms with Crippen LogP contribution in [0.5, 0.6) is 5.75 Å². The first-order valence-electron chi connectivity index (χ1n) is 3.02. The van der Waals surface area contributed by atoms with Gasteiger partial charge in [-0.15, -0.1) is 0 Å². The molecular formula is C6H6F2N2O2. The number of aromatic hydroxyl groups is 1. The van der Waals surface area contributed by atoms with Gasteiger partial charge in [0.05, 0.1) is 5.56 Å². The number of halogens is 2. The number of pyridine rings is 1. The summed E-state index contributed by atoms with van der Waals surface area (Å²) < 4.78 is 23.9. The van der Waals surface area contributed by atoms with Crippen LogP contribution in [0, 0.1) is 0 Å². The highest BCUT2D eigenvalue weighted by molar-refractivity contribution is 5.45. The van der Waals surface area contributed by atoms with Crippen LogP contribution in [0.25, 0.3) is 0 Å². The molecule has 0 bridgehead atoms. The summed E-state index contributed by atoms with van der Waals surface area (Å²) in [7, 11) is 0. The predicted octanol–water partition coefficient (Wildman–Crippen LogP) is 0.600. The molecule has 0 saturated carbocycles. The molecule has 6 heteroatoms. The van der Waals surface area contributed by atoms with E-state index in [9.17, 15) is 13.6 Å². The highest BCUT2D eigenvalue weighted by Crippen LogP contribution is 2.21. The third-order valence-corrected chi connectivity index (χ3v) is 1.31. The highest BCUT2D eigenvalue weighted by atomic mass is 19.3. The van der Waals surface area contributed by atoms with Gasteiger partial charge in [-0.25, -0.2) is 8.78 Å². The Labute approximate surface area is 65.6 Å². The van der Waals surface area contributed by atoms with Crippen molar-refractivity contribution in [2.45, 2.75) is 6.43 Å². The Morgan fingerprint density at radius 3 is 2.67 bits per heavy atom. The topological polar surface area (TPSA) is 79.1 Å². The van der Waals surface area contributed by atoms with Crippen molar-refractivity contribution in [2.75, 3.05) is 5.73 Å². The van der Waals surface area contributed by atoms with E-state index in [0.717, 1.165) is 0 Å². The molecule has 1 rings (SSSR count). The molecule has 1 aromatic rings. The molecule has 0 amide bonds. The molecule has 0 aliphatic carbocycles. The third kappa shape index (κ3) is 1.36. The van der Waals surface area contributed by atoms with Crippen molar-refractivity contribution >= 4 is 5.82 Å². The summed E-state index contributed by atoms with van der Waals surface area (Å²) in [4.78, 5) is 12.6. The average Bonchev–Trinajstić information content (AvgIpc) is 1.96. The van der Waals surface area contributed by atoms with Gasteiger partial charge in [0.15, 0.2) is 5.75 Å². The second-order valence-electron chi connectivity index (χ2n) is 2.15. The molecule has 0 unspecified atom stereocenters. The van der Waals surface area contributed by atoms with Crippen LogP contribution in [0.2, 0.25) is 0 Å². The number of nitrogens with two attached hydrogens (primary N) is 1. The van der Waals surface area contributed by atoms with E-state index in [0.29, 0.717) is 6.07 Å². The SMILES string of the molecule is Nc1[nH]c(=O)c(C(F)F)cc1O. The van der Waals surface area contributed by atoms with E-state index in [-0.39, 0.29) is 5.82 Å². The Balaban J connectivity index is 3.33. The molecule has 0 atom stereocenters. The van der Waals surface area contributed by atoms with Crippen molar-refractivity contribution in [3.63, 3.8) is 0 Å². The van der Waals surface area contributed by atoms with Gasteiger partial charge in [-0.2, -0.15) is 0 Å². The van der Waals surface area contributed by atoms with Crippen molar-refractivity contribution in [3.05, 3.63) is 22.0 Å². The molecular weight excluding hydrogens is 170 g/mol. The lowest BCUT2D eigenvalue weighted by Gasteiger charge is -2.01. The maximum atomic E-state index is 12.0. The van der Waals surface area contributed by atoms with Crippen LogP contribution in [-0.2, 0) is 0 Å². The summed E-state index contributed by atoms with van der Waals surface area (Å²) in [5.41, 5.74) is 3.26. The number of nitrogen functional groups attached to an aromatic ring is 1. The number of aromatic amines is 1. The molecule has 1 aromatic heterocycles. The van der Waals surface area contributed by atoms with E-state index in [1.807, 2.05) is 4.98 Å². The fourth-order valence-electron chi connectivity index (χ4n) is 0.711. The van der Waals surface area contributed by atoms with E-state index in [1.165, 1.54) is 0 Å². The standard InChI is InChI=1S/C6H6F2N2O2/c7-4(8)2-1-3(11)5(9)10-6(2)12/h1,4,11H,(H3,9,10,12). The lowest BCUT2D eigenvalue weighted by molar-refractivity contribution is 0.149. The molecule has 4 nitrogen and oxygen atoms in total. The lowest BCUT2D eigenvalue weighted by atomic mass is 10.3. The summed E-state index contributed by atoms with van der Waals surface area (Å²) in [5.74, 6) is -0.866. The van der Waals surface area contributed by atoms with Gasteiger partial charge in [0.25, 0.3) is 12.0 Å². The number of H-pyrrole nitrogens is 1. The largest absolute Gasteiger partial charge is 0.504 e. The monoisotopic (exact) mass is 176 g/mol. The van der Waals surface area contributed by atoms with Gasteiger partial charge in [-0.1, -0.05) is 0 Å². The van der Waals surface area contributed by atoms with Crippen LogP contribution in [0.4, 0.5) is 14.6 Å². The van der Waals surface area contributed by atoms with Crippen LogP contribution in [0.3, 0.4) is 0 Å². The zero-order chi connectivity index (χ0) is 9.30. The third-order valence-electron chi connectivity index (χ3n) is 1.31. The average molecular weight is 176 g/mol. The lowest BCUT2D eigenvalue weighted by Crippen LogP contribution is -2.14. The normalized spacial score (nSPS) is 10.6. The molecule has 1 heterocycles. The van der Waals surface area contributed by atoms with Crippen molar-refractivity contribution in [3.8, 4) is 5.75 Å². The van der Waals surface area contributed by atoms with E-state index < -0.39 is 23.3 Å². The van der Waals surface area contributed by atoms with Crippen LogP contribution < -0.4 is 11.3 Å². The van der Waals surface area contributed by atoms with Gasteiger partial charge < -0.3 is 15.8 Å². The Hall–Kier alpha value is -1.59. The number of nitrogens with one attached hydrogen (secondary N) is 1. The molecule has 0 saturated heterocycles. The van der Waals surface area contributed by atoms with Crippen molar-refractivity contribution in [1.82, 2.24) is 4.98 Å². The van der Waals surface area contributed by atoms with Gasteiger partial charge >= 0.3 is 0 Å². The molecule has 0 aliphatic rings. The molecule has 0 aromatic carbocycles. The van der Waals surface area contributed by atoms with Crippen LogP contribution >= 0.6 is 0 Å². The van der Waals surface area contributed by atoms with E-state index in [4.69, 9.17) is 10.8 Å². The van der Waals surface area contributed by atoms with Gasteiger partial charge in [0.2, 0.25) is 0 Å². The summed E-state index contributed by atoms with van der Waals surface area (Å²) >= 11 is 0. The number of alkyl halides is 2. The fraction of sp³-hybridized carbons (Fsp3) is 0.167. The van der Waals surface area contributed by atoms with Gasteiger partial charge in [-0.05, 0) is 6.07 Å². The number of aromatic nitrogens is 1. The zero-order valence-electron chi connectivity index (χ0n) is 5.84. The van der Waals surface area contributed by atoms with Gasteiger partial charge in [0, 0.05) is 0 Å². The quantitative estimate of drug-likeness (QED) is 0.586. The number of hydrogen-bond donors (Lipinski definition) is 3. The first-order chi connectivity index (χ1) is 5.52. The van der Waals surface area contributed by atoms with Gasteiger partial charge in [0.1, 0.15) is 5.82 Å². The van der Waals surface area contributed by atoms with Crippen LogP contribution in [0.1, 0.15) is 12.0 Å². The molecule has 0 aliphatic heterocycles. The molecule has 0 radical (unpaired) electrons. The number of hydrogen-bond acceptors (Lipinski definition) is 3. The second kappa shape index (κ2) is 2.80. The summed E-state index contributed by atoms with van der Waals surface area (Å²) in [6.07, 6.45) is -2.92. The predicted molar refractivity (Wildman–Crippen MR) is 38.1 cm³/mol. The smallest absolute Gasteiger partial charge is 0.269 e. The summed E-state index contributed by atoms with van der Waals surface area (Å²) in [6, 6.07) is 0.652. The highest BCUT2D eigenvalue weighted by Gasteiger charge is 2.14. The Morgan fingerprint density at radius 2 is 2.17 bits per heavy atom. The van der Waals surface area contributed by atoms with Crippen molar-refractivity contribution in [2.24, 2.45) is 0 Å². The first kappa shape index (κ1) is 8.51. The molecule has 0 spiro atoms. The Morgan fingerprint density at radius 1 is 1.58 bits per heavy atom. The number of rotatable bonds is 1. The van der Waals surface area contributed by atoms with Gasteiger partial charge in [-0.3, -0.25) is 4.79 Å². The first-order valence-corrected chi connectivity index (χ1v) is 3.02. The molecule has 66 valence electrons. The van der Waals surface area contributed by atoms with Crippen molar-refractivity contribution < 1.29 is 13.9 Å². The minimum atomic E-state index is -2.92. The van der Waals surface area contributed by atoms with Crippen molar-refractivity contribution in [1.29, 1.82) is 0 Å². The fourth-order valence-corrected chi connectivity index (χ4v) is 0.711. The minimum absolute atomic E-state index is 0.315. The maximum absolute atomic E-state index is 12.0. The number of anilines is 1. The van der Waals surface area contributed by atoms with Crippen LogP contribution in [0.15, 0.2) is 10.9 Å². The van der Waals surface area contributed by atoms with Crippen LogP contribution in [-0.4, -0.2) is 10.1 Å².